The Morgan fingerprint density at radius 3 is 2.75 bits per heavy atom. The summed E-state index contributed by atoms with van der Waals surface area (Å²) in [6, 6.07) is 0. The molecular formula is C11H11ClN4O4. The van der Waals surface area contributed by atoms with Crippen molar-refractivity contribution in [1.29, 1.82) is 0 Å². The third-order valence-corrected chi connectivity index (χ3v) is 2.99. The Morgan fingerprint density at radius 1 is 1.60 bits per heavy atom. The third-order valence-electron chi connectivity index (χ3n) is 2.65. The zero-order chi connectivity index (χ0) is 15.0. The number of rotatable bonds is 4. The minimum atomic E-state index is -1.21. The van der Waals surface area contributed by atoms with Crippen LogP contribution in [0.1, 0.15) is 29.9 Å². The van der Waals surface area contributed by atoms with Gasteiger partial charge in [-0.3, -0.25) is 10.1 Å². The van der Waals surface area contributed by atoms with Crippen LogP contribution in [0, 0.1) is 16.0 Å². The summed E-state index contributed by atoms with van der Waals surface area (Å²) in [5.74, 6) is -1.11. The molecule has 2 rings (SSSR count). The highest BCUT2D eigenvalue weighted by Gasteiger charge is 2.27. The summed E-state index contributed by atoms with van der Waals surface area (Å²) in [7, 11) is 0. The number of aromatic nitrogens is 3. The van der Waals surface area contributed by atoms with Gasteiger partial charge in [0.1, 0.15) is 11.3 Å². The van der Waals surface area contributed by atoms with Crippen molar-refractivity contribution in [2.45, 2.75) is 20.3 Å². The predicted molar refractivity (Wildman–Crippen MR) is 70.2 cm³/mol. The molecule has 0 spiro atoms. The van der Waals surface area contributed by atoms with E-state index >= 15 is 0 Å². The van der Waals surface area contributed by atoms with Crippen LogP contribution in [-0.2, 0) is 6.42 Å². The number of fused-ring (bicyclic) bond motifs is 1. The van der Waals surface area contributed by atoms with E-state index in [1.807, 2.05) is 13.8 Å². The van der Waals surface area contributed by atoms with Gasteiger partial charge >= 0.3 is 11.7 Å². The molecular weight excluding hydrogens is 288 g/mol. The summed E-state index contributed by atoms with van der Waals surface area (Å²) >= 11 is 5.97. The fourth-order valence-corrected chi connectivity index (χ4v) is 2.16. The van der Waals surface area contributed by atoms with Crippen LogP contribution in [0.2, 0.25) is 5.15 Å². The SMILES string of the molecule is CC(C)Cc1nc2c(C(=O)O)cnn2c(Cl)c1[N+](=O)[O-]. The highest BCUT2D eigenvalue weighted by molar-refractivity contribution is 6.32. The lowest BCUT2D eigenvalue weighted by Gasteiger charge is -2.07. The second-order valence-corrected chi connectivity index (χ2v) is 5.01. The number of nitro groups is 1. The van der Waals surface area contributed by atoms with Crippen molar-refractivity contribution in [3.8, 4) is 0 Å². The van der Waals surface area contributed by atoms with Gasteiger partial charge in [-0.1, -0.05) is 25.4 Å². The molecule has 0 radical (unpaired) electrons. The van der Waals surface area contributed by atoms with Crippen LogP contribution in [0.25, 0.3) is 5.65 Å². The monoisotopic (exact) mass is 298 g/mol. The molecule has 2 aromatic heterocycles. The number of nitrogens with zero attached hydrogens (tertiary/aromatic N) is 4. The molecule has 0 atom stereocenters. The fourth-order valence-electron chi connectivity index (χ4n) is 1.85. The molecule has 0 aromatic carbocycles. The van der Waals surface area contributed by atoms with Gasteiger partial charge in [-0.15, -0.1) is 0 Å². The second-order valence-electron chi connectivity index (χ2n) is 4.65. The van der Waals surface area contributed by atoms with Gasteiger partial charge in [-0.25, -0.2) is 9.78 Å². The second kappa shape index (κ2) is 5.04. The predicted octanol–water partition coefficient (Wildman–Crippen LogP) is 2.19. The van der Waals surface area contributed by atoms with E-state index in [0.717, 1.165) is 10.7 Å². The van der Waals surface area contributed by atoms with Crippen LogP contribution >= 0.6 is 11.6 Å². The Bertz CT molecular complexity index is 710. The molecule has 1 N–H and O–H groups in total. The van der Waals surface area contributed by atoms with E-state index in [-0.39, 0.29) is 33.7 Å². The Balaban J connectivity index is 2.80. The van der Waals surface area contributed by atoms with Gasteiger partial charge in [0, 0.05) is 0 Å². The topological polar surface area (TPSA) is 111 Å². The van der Waals surface area contributed by atoms with Crippen molar-refractivity contribution in [1.82, 2.24) is 14.6 Å². The lowest BCUT2D eigenvalue weighted by atomic mass is 10.1. The Kier molecular flexibility index (Phi) is 3.58. The first-order chi connectivity index (χ1) is 9.32. The molecule has 20 heavy (non-hydrogen) atoms. The molecule has 0 aliphatic heterocycles. The zero-order valence-electron chi connectivity index (χ0n) is 10.7. The highest BCUT2D eigenvalue weighted by Crippen LogP contribution is 2.30. The van der Waals surface area contributed by atoms with Gasteiger partial charge in [0.15, 0.2) is 5.65 Å². The van der Waals surface area contributed by atoms with Crippen molar-refractivity contribution in [2.75, 3.05) is 0 Å². The molecule has 0 aliphatic rings. The summed E-state index contributed by atoms with van der Waals surface area (Å²) in [5.41, 5.74) is -0.325. The Hall–Kier alpha value is -2.22. The Labute approximate surface area is 118 Å². The van der Waals surface area contributed by atoms with Gasteiger partial charge in [0.2, 0.25) is 5.15 Å². The maximum absolute atomic E-state index is 11.1. The molecule has 106 valence electrons. The number of hydrogen-bond acceptors (Lipinski definition) is 5. The summed E-state index contributed by atoms with van der Waals surface area (Å²) < 4.78 is 0.965. The van der Waals surface area contributed by atoms with Crippen LogP contribution in [0.5, 0.6) is 0 Å². The normalized spacial score (nSPS) is 11.2. The smallest absolute Gasteiger partial charge is 0.341 e. The molecule has 0 unspecified atom stereocenters. The lowest BCUT2D eigenvalue weighted by molar-refractivity contribution is -0.386. The van der Waals surface area contributed by atoms with Crippen molar-refractivity contribution in [2.24, 2.45) is 5.92 Å². The van der Waals surface area contributed by atoms with E-state index < -0.39 is 10.9 Å². The number of halogens is 1. The van der Waals surface area contributed by atoms with Gasteiger partial charge in [-0.2, -0.15) is 9.61 Å². The van der Waals surface area contributed by atoms with Crippen molar-refractivity contribution in [3.63, 3.8) is 0 Å². The van der Waals surface area contributed by atoms with E-state index in [1.165, 1.54) is 0 Å². The summed E-state index contributed by atoms with van der Waals surface area (Å²) in [6.45, 7) is 3.75. The number of carboxylic acids is 1. The third kappa shape index (κ3) is 2.29. The number of carbonyl (C=O) groups is 1. The van der Waals surface area contributed by atoms with E-state index in [1.54, 1.807) is 0 Å². The first kappa shape index (κ1) is 14.2. The van der Waals surface area contributed by atoms with Gasteiger partial charge in [-0.05, 0) is 12.3 Å². The summed E-state index contributed by atoms with van der Waals surface area (Å²) in [5, 5.41) is 23.7. The molecule has 2 aromatic rings. The van der Waals surface area contributed by atoms with E-state index in [2.05, 4.69) is 10.1 Å². The molecule has 0 amide bonds. The highest BCUT2D eigenvalue weighted by atomic mass is 35.5. The molecule has 0 bridgehead atoms. The van der Waals surface area contributed by atoms with E-state index in [0.29, 0.717) is 6.42 Å². The molecule has 0 saturated heterocycles. The molecule has 0 saturated carbocycles. The lowest BCUT2D eigenvalue weighted by Crippen LogP contribution is -2.09. The molecule has 2 heterocycles. The van der Waals surface area contributed by atoms with Gasteiger partial charge in [0.25, 0.3) is 0 Å². The minimum absolute atomic E-state index is 0.00347. The Morgan fingerprint density at radius 2 is 2.25 bits per heavy atom. The van der Waals surface area contributed by atoms with Crippen LogP contribution in [0.15, 0.2) is 6.20 Å². The standard InChI is InChI=1S/C11H11ClN4O4/c1-5(2)3-7-8(16(19)20)9(12)15-10(14-7)6(4-13-15)11(17)18/h4-5H,3H2,1-2H3,(H,17,18). The molecule has 0 fully saturated rings. The summed E-state index contributed by atoms with van der Waals surface area (Å²) in [6.07, 6.45) is 1.39. The largest absolute Gasteiger partial charge is 0.477 e. The van der Waals surface area contributed by atoms with Gasteiger partial charge in [0.05, 0.1) is 11.1 Å². The quantitative estimate of drug-likeness (QED) is 0.526. The average molecular weight is 299 g/mol. The molecule has 9 heteroatoms. The van der Waals surface area contributed by atoms with Crippen molar-refractivity contribution < 1.29 is 14.8 Å². The first-order valence-electron chi connectivity index (χ1n) is 5.76. The first-order valence-corrected chi connectivity index (χ1v) is 6.14. The van der Waals surface area contributed by atoms with Crippen LogP contribution in [-0.4, -0.2) is 30.6 Å². The van der Waals surface area contributed by atoms with E-state index in [4.69, 9.17) is 16.7 Å². The van der Waals surface area contributed by atoms with Crippen LogP contribution in [0.3, 0.4) is 0 Å². The number of carboxylic acid groups (broad SMARTS) is 1. The number of aromatic carboxylic acids is 1. The maximum atomic E-state index is 11.1. The zero-order valence-corrected chi connectivity index (χ0v) is 11.5. The van der Waals surface area contributed by atoms with Crippen molar-refractivity contribution in [3.05, 3.63) is 32.7 Å². The molecule has 8 nitrogen and oxygen atoms in total. The van der Waals surface area contributed by atoms with Crippen LogP contribution < -0.4 is 0 Å². The van der Waals surface area contributed by atoms with Crippen molar-refractivity contribution >= 4 is 28.9 Å². The van der Waals surface area contributed by atoms with Gasteiger partial charge < -0.3 is 5.11 Å². The number of hydrogen-bond donors (Lipinski definition) is 1. The molecule has 0 aliphatic carbocycles. The van der Waals surface area contributed by atoms with Crippen LogP contribution in [0.4, 0.5) is 5.69 Å². The fraction of sp³-hybridized carbons (Fsp3) is 0.364. The average Bonchev–Trinajstić information content (AvgIpc) is 2.71. The van der Waals surface area contributed by atoms with E-state index in [9.17, 15) is 14.9 Å². The maximum Gasteiger partial charge on any atom is 0.341 e. The summed E-state index contributed by atoms with van der Waals surface area (Å²) in [4.78, 5) is 25.6. The minimum Gasteiger partial charge on any atom is -0.477 e.